The molecule has 2 aromatic carbocycles. The molecule has 0 aliphatic rings. The van der Waals surface area contributed by atoms with Crippen LogP contribution in [0.25, 0.3) is 0 Å². The highest BCUT2D eigenvalue weighted by Gasteiger charge is 2.14. The van der Waals surface area contributed by atoms with Crippen molar-refractivity contribution in [2.75, 3.05) is 18.0 Å². The van der Waals surface area contributed by atoms with Gasteiger partial charge in [0.25, 0.3) is 5.91 Å². The van der Waals surface area contributed by atoms with Crippen LogP contribution in [0.1, 0.15) is 28.4 Å². The van der Waals surface area contributed by atoms with Crippen molar-refractivity contribution in [3.63, 3.8) is 0 Å². The first-order valence-electron chi connectivity index (χ1n) is 7.88. The van der Waals surface area contributed by atoms with Gasteiger partial charge in [0.1, 0.15) is 0 Å². The van der Waals surface area contributed by atoms with Gasteiger partial charge in [-0.1, -0.05) is 40.9 Å². The van der Waals surface area contributed by atoms with Gasteiger partial charge in [-0.05, 0) is 43.7 Å². The van der Waals surface area contributed by atoms with Crippen LogP contribution < -0.4 is 10.2 Å². The minimum Gasteiger partial charge on any atom is -0.350 e. The van der Waals surface area contributed by atoms with Gasteiger partial charge in [0.2, 0.25) is 5.91 Å². The van der Waals surface area contributed by atoms with Crippen molar-refractivity contribution in [3.05, 3.63) is 63.1 Å². The second-order valence-electron chi connectivity index (χ2n) is 5.85. The number of amides is 2. The van der Waals surface area contributed by atoms with E-state index in [1.165, 1.54) is 13.0 Å². The van der Waals surface area contributed by atoms with E-state index < -0.39 is 0 Å². The van der Waals surface area contributed by atoms with Crippen LogP contribution in [0.5, 0.6) is 0 Å². The number of benzene rings is 2. The van der Waals surface area contributed by atoms with E-state index >= 15 is 0 Å². The Morgan fingerprint density at radius 3 is 2.36 bits per heavy atom. The number of halogens is 2. The van der Waals surface area contributed by atoms with Crippen LogP contribution >= 0.6 is 23.2 Å². The van der Waals surface area contributed by atoms with Crippen LogP contribution in [0, 0.1) is 13.8 Å². The third kappa shape index (κ3) is 4.97. The number of carbonyl (C=O) groups excluding carboxylic acids is 2. The summed E-state index contributed by atoms with van der Waals surface area (Å²) in [6.07, 6.45) is 0. The average molecular weight is 379 g/mol. The lowest BCUT2D eigenvalue weighted by Crippen LogP contribution is -2.38. The Morgan fingerprint density at radius 2 is 1.76 bits per heavy atom. The smallest absolute Gasteiger partial charge is 0.251 e. The van der Waals surface area contributed by atoms with Gasteiger partial charge in [-0.15, -0.1) is 0 Å². The van der Waals surface area contributed by atoms with E-state index in [9.17, 15) is 9.59 Å². The van der Waals surface area contributed by atoms with Crippen LogP contribution in [0.3, 0.4) is 0 Å². The molecular weight excluding hydrogens is 359 g/mol. The summed E-state index contributed by atoms with van der Waals surface area (Å²) in [5, 5.41) is 3.52. The predicted molar refractivity (Wildman–Crippen MR) is 103 cm³/mol. The highest BCUT2D eigenvalue weighted by molar-refractivity contribution is 6.42. The summed E-state index contributed by atoms with van der Waals surface area (Å²) in [6, 6.07) is 10.6. The van der Waals surface area contributed by atoms with Gasteiger partial charge in [0.15, 0.2) is 0 Å². The number of nitrogens with one attached hydrogen (secondary N) is 1. The van der Waals surface area contributed by atoms with E-state index in [1.54, 1.807) is 17.0 Å². The Morgan fingerprint density at radius 1 is 1.04 bits per heavy atom. The molecule has 0 aliphatic carbocycles. The fourth-order valence-electron chi connectivity index (χ4n) is 2.58. The highest BCUT2D eigenvalue weighted by atomic mass is 35.5. The lowest BCUT2D eigenvalue weighted by molar-refractivity contribution is -0.116. The normalized spacial score (nSPS) is 10.4. The van der Waals surface area contributed by atoms with Crippen LogP contribution in [0.4, 0.5) is 5.69 Å². The molecule has 6 heteroatoms. The summed E-state index contributed by atoms with van der Waals surface area (Å²) < 4.78 is 0. The molecule has 2 rings (SSSR count). The summed E-state index contributed by atoms with van der Waals surface area (Å²) in [4.78, 5) is 25.8. The second kappa shape index (κ2) is 8.37. The summed E-state index contributed by atoms with van der Waals surface area (Å²) >= 11 is 11.8. The van der Waals surface area contributed by atoms with Gasteiger partial charge in [-0.3, -0.25) is 9.59 Å². The Kier molecular flexibility index (Phi) is 6.45. The van der Waals surface area contributed by atoms with Gasteiger partial charge in [0.05, 0.1) is 10.0 Å². The van der Waals surface area contributed by atoms with Crippen molar-refractivity contribution in [1.29, 1.82) is 0 Å². The molecule has 0 atom stereocenters. The van der Waals surface area contributed by atoms with E-state index in [0.717, 1.165) is 16.8 Å². The Balaban J connectivity index is 2.03. The molecule has 4 nitrogen and oxygen atoms in total. The third-order valence-electron chi connectivity index (χ3n) is 3.83. The number of aryl methyl sites for hydroxylation is 2. The minimum atomic E-state index is -0.261. The number of hydrogen-bond donors (Lipinski definition) is 1. The molecular formula is C19H20Cl2N2O2. The van der Waals surface area contributed by atoms with Gasteiger partial charge in [-0.25, -0.2) is 0 Å². The Labute approximate surface area is 157 Å². The summed E-state index contributed by atoms with van der Waals surface area (Å²) in [5.74, 6) is -0.335. The molecule has 0 spiro atoms. The molecule has 0 heterocycles. The van der Waals surface area contributed by atoms with E-state index in [-0.39, 0.29) is 11.8 Å². The van der Waals surface area contributed by atoms with Gasteiger partial charge in [0, 0.05) is 31.3 Å². The number of hydrogen-bond acceptors (Lipinski definition) is 2. The van der Waals surface area contributed by atoms with Crippen molar-refractivity contribution < 1.29 is 9.59 Å². The average Bonchev–Trinajstić information content (AvgIpc) is 2.54. The molecule has 2 amide bonds. The Bertz CT molecular complexity index is 806. The van der Waals surface area contributed by atoms with Crippen molar-refractivity contribution in [3.8, 4) is 0 Å². The SMILES string of the molecule is CC(=O)N(CCNC(=O)c1ccc(Cl)c(Cl)c1)c1ccc(C)cc1C. The van der Waals surface area contributed by atoms with E-state index in [4.69, 9.17) is 23.2 Å². The van der Waals surface area contributed by atoms with Crippen molar-refractivity contribution >= 4 is 40.7 Å². The lowest BCUT2D eigenvalue weighted by atomic mass is 10.1. The zero-order valence-corrected chi connectivity index (χ0v) is 15.9. The molecule has 0 saturated carbocycles. The topological polar surface area (TPSA) is 49.4 Å². The van der Waals surface area contributed by atoms with Crippen LogP contribution in [0.15, 0.2) is 36.4 Å². The van der Waals surface area contributed by atoms with E-state index in [1.807, 2.05) is 32.0 Å². The van der Waals surface area contributed by atoms with Crippen molar-refractivity contribution in [1.82, 2.24) is 5.32 Å². The third-order valence-corrected chi connectivity index (χ3v) is 4.56. The number of anilines is 1. The van der Waals surface area contributed by atoms with Gasteiger partial charge >= 0.3 is 0 Å². The predicted octanol–water partition coefficient (Wildman–Crippen LogP) is 4.39. The van der Waals surface area contributed by atoms with Crippen LogP contribution in [-0.4, -0.2) is 24.9 Å². The van der Waals surface area contributed by atoms with E-state index in [2.05, 4.69) is 5.32 Å². The molecule has 0 fully saturated rings. The van der Waals surface area contributed by atoms with Crippen molar-refractivity contribution in [2.24, 2.45) is 0 Å². The maximum absolute atomic E-state index is 12.2. The lowest BCUT2D eigenvalue weighted by Gasteiger charge is -2.23. The standard InChI is InChI=1S/C19H20Cl2N2O2/c1-12-4-7-18(13(2)10-12)23(14(3)24)9-8-22-19(25)15-5-6-16(20)17(21)11-15/h4-7,10-11H,8-9H2,1-3H3,(H,22,25). The molecule has 0 bridgehead atoms. The first-order chi connectivity index (χ1) is 11.8. The molecule has 0 aromatic heterocycles. The maximum atomic E-state index is 12.2. The molecule has 0 saturated heterocycles. The molecule has 0 unspecified atom stereocenters. The number of rotatable bonds is 5. The first-order valence-corrected chi connectivity index (χ1v) is 8.64. The maximum Gasteiger partial charge on any atom is 0.251 e. The minimum absolute atomic E-state index is 0.0734. The second-order valence-corrected chi connectivity index (χ2v) is 6.66. The molecule has 25 heavy (non-hydrogen) atoms. The number of nitrogens with zero attached hydrogens (tertiary/aromatic N) is 1. The molecule has 1 N–H and O–H groups in total. The molecule has 2 aromatic rings. The summed E-state index contributed by atoms with van der Waals surface area (Å²) in [7, 11) is 0. The van der Waals surface area contributed by atoms with Gasteiger partial charge in [-0.2, -0.15) is 0 Å². The Hall–Kier alpha value is -2.04. The highest BCUT2D eigenvalue weighted by Crippen LogP contribution is 2.23. The van der Waals surface area contributed by atoms with Crippen LogP contribution in [-0.2, 0) is 4.79 Å². The number of carbonyl (C=O) groups is 2. The molecule has 0 aliphatic heterocycles. The largest absolute Gasteiger partial charge is 0.350 e. The fraction of sp³-hybridized carbons (Fsp3) is 0.263. The monoisotopic (exact) mass is 378 g/mol. The fourth-order valence-corrected chi connectivity index (χ4v) is 2.87. The van der Waals surface area contributed by atoms with E-state index in [0.29, 0.717) is 28.7 Å². The van der Waals surface area contributed by atoms with Crippen molar-refractivity contribution in [2.45, 2.75) is 20.8 Å². The van der Waals surface area contributed by atoms with Gasteiger partial charge < -0.3 is 10.2 Å². The molecule has 0 radical (unpaired) electrons. The molecule has 132 valence electrons. The zero-order valence-electron chi connectivity index (χ0n) is 14.4. The summed E-state index contributed by atoms with van der Waals surface area (Å²) in [6.45, 7) is 6.19. The van der Waals surface area contributed by atoms with Crippen LogP contribution in [0.2, 0.25) is 10.0 Å². The first kappa shape index (κ1) is 19.3. The zero-order chi connectivity index (χ0) is 18.6. The summed E-state index contributed by atoms with van der Waals surface area (Å²) in [5.41, 5.74) is 3.43. The quantitative estimate of drug-likeness (QED) is 0.838.